The summed E-state index contributed by atoms with van der Waals surface area (Å²) < 4.78 is 16.7. The molecule has 3 atom stereocenters. The molecule has 0 saturated heterocycles. The molecule has 0 amide bonds. The first kappa shape index (κ1) is 31.3. The maximum atomic E-state index is 12.1. The summed E-state index contributed by atoms with van der Waals surface area (Å²) in [6.07, 6.45) is 0. The van der Waals surface area contributed by atoms with Gasteiger partial charge in [0.25, 0.3) is 0 Å². The van der Waals surface area contributed by atoms with Crippen molar-refractivity contribution in [3.05, 3.63) is 65.5 Å². The van der Waals surface area contributed by atoms with Crippen molar-refractivity contribution in [1.29, 1.82) is 0 Å². The van der Waals surface area contributed by atoms with Crippen molar-refractivity contribution in [2.45, 2.75) is 65.3 Å². The molecule has 0 unspecified atom stereocenters. The number of hydrogen-bond acceptors (Lipinski definition) is 2. The first-order chi connectivity index (χ1) is 13.7. The Morgan fingerprint density at radius 2 is 1.32 bits per heavy atom. The highest BCUT2D eigenvalue weighted by atomic mass is 79.9. The number of halogens is 5. The van der Waals surface area contributed by atoms with E-state index in [-0.39, 0.29) is 29.2 Å². The van der Waals surface area contributed by atoms with E-state index in [0.717, 1.165) is 36.2 Å². The molecule has 2 aromatic rings. The Labute approximate surface area is 222 Å². The summed E-state index contributed by atoms with van der Waals surface area (Å²) in [7, 11) is -1.09. The molecule has 0 saturated carbocycles. The molecule has 3 N–H and O–H groups in total. The summed E-state index contributed by atoms with van der Waals surface area (Å²) in [5.74, 6) is 0. The Kier molecular flexibility index (Phi) is 13.4. The second kappa shape index (κ2) is 13.3. The monoisotopic (exact) mass is 634 g/mol. The summed E-state index contributed by atoms with van der Waals surface area (Å²) in [4.78, 5) is 0. The maximum Gasteiger partial charge on any atom is 0.0975 e. The third kappa shape index (κ3) is 8.90. The molecule has 0 aromatic heterocycles. The Morgan fingerprint density at radius 1 is 0.935 bits per heavy atom. The van der Waals surface area contributed by atoms with Crippen LogP contribution in [0.2, 0.25) is 10.0 Å². The van der Waals surface area contributed by atoms with E-state index in [1.54, 1.807) is 0 Å². The van der Waals surface area contributed by atoms with Gasteiger partial charge in [-0.05, 0) is 115 Å². The molecule has 2 rings (SSSR count). The van der Waals surface area contributed by atoms with Gasteiger partial charge in [0.15, 0.2) is 0 Å². The number of benzene rings is 2. The Bertz CT molecular complexity index is 919. The SMILES string of the molecule is Cc1c([C@@H](C)N)ccc(Br)c1Cl.Cc1c([C@@H](C)N[S@@](=O)C(C)(C)C)ccc(Br)c1Cl.Cl. The van der Waals surface area contributed by atoms with E-state index >= 15 is 0 Å². The third-order valence-corrected chi connectivity index (χ3v) is 8.99. The van der Waals surface area contributed by atoms with Gasteiger partial charge in [0.1, 0.15) is 0 Å². The Morgan fingerprint density at radius 3 is 1.71 bits per heavy atom. The van der Waals surface area contributed by atoms with Crippen LogP contribution in [0, 0.1) is 13.8 Å². The van der Waals surface area contributed by atoms with E-state index in [1.165, 1.54) is 0 Å². The molecule has 0 spiro atoms. The lowest BCUT2D eigenvalue weighted by Crippen LogP contribution is -2.35. The molecule has 0 aliphatic heterocycles. The largest absolute Gasteiger partial charge is 0.324 e. The molecule has 3 nitrogen and oxygen atoms in total. The van der Waals surface area contributed by atoms with E-state index < -0.39 is 11.0 Å². The molecule has 0 heterocycles. The minimum absolute atomic E-state index is 0. The van der Waals surface area contributed by atoms with Crippen LogP contribution >= 0.6 is 67.5 Å². The smallest absolute Gasteiger partial charge is 0.0975 e. The fourth-order valence-corrected chi connectivity index (χ4v) is 4.70. The second-order valence-electron chi connectivity index (χ2n) is 8.16. The lowest BCUT2D eigenvalue weighted by molar-refractivity contribution is 0.615. The van der Waals surface area contributed by atoms with Gasteiger partial charge >= 0.3 is 0 Å². The summed E-state index contributed by atoms with van der Waals surface area (Å²) in [5, 5.41) is 1.47. The fourth-order valence-electron chi connectivity index (χ4n) is 2.70. The highest BCUT2D eigenvalue weighted by Gasteiger charge is 2.22. The van der Waals surface area contributed by atoms with Crippen LogP contribution in [0.15, 0.2) is 33.2 Å². The van der Waals surface area contributed by atoms with Crippen molar-refractivity contribution >= 4 is 78.5 Å². The second-order valence-corrected chi connectivity index (χ2v) is 12.6. The van der Waals surface area contributed by atoms with Gasteiger partial charge in [-0.1, -0.05) is 35.3 Å². The van der Waals surface area contributed by atoms with Gasteiger partial charge in [0.2, 0.25) is 0 Å². The molecular weight excluding hydrogens is 606 g/mol. The highest BCUT2D eigenvalue weighted by Crippen LogP contribution is 2.32. The lowest BCUT2D eigenvalue weighted by Gasteiger charge is -2.23. The zero-order valence-corrected chi connectivity index (χ0v) is 25.1. The number of nitrogens with two attached hydrogens (primary N) is 1. The molecule has 0 aliphatic rings. The molecule has 0 bridgehead atoms. The van der Waals surface area contributed by atoms with Crippen molar-refractivity contribution in [2.24, 2.45) is 5.73 Å². The zero-order valence-electron chi connectivity index (χ0n) is 18.8. The average molecular weight is 638 g/mol. The van der Waals surface area contributed by atoms with Crippen molar-refractivity contribution < 1.29 is 4.21 Å². The highest BCUT2D eigenvalue weighted by molar-refractivity contribution is 9.10. The predicted octanol–water partition coefficient (Wildman–Crippen LogP) is 8.38. The molecule has 9 heteroatoms. The minimum Gasteiger partial charge on any atom is -0.324 e. The van der Waals surface area contributed by atoms with Crippen molar-refractivity contribution in [1.82, 2.24) is 4.72 Å². The van der Waals surface area contributed by atoms with Gasteiger partial charge in [-0.3, -0.25) is 0 Å². The van der Waals surface area contributed by atoms with E-state index in [1.807, 2.05) is 72.7 Å². The number of nitrogens with one attached hydrogen (secondary N) is 1. The van der Waals surface area contributed by atoms with E-state index in [2.05, 4.69) is 36.6 Å². The molecule has 0 fully saturated rings. The van der Waals surface area contributed by atoms with Gasteiger partial charge in [0, 0.05) is 21.0 Å². The number of rotatable bonds is 4. The van der Waals surface area contributed by atoms with Gasteiger partial charge < -0.3 is 5.73 Å². The van der Waals surface area contributed by atoms with Crippen molar-refractivity contribution in [3.8, 4) is 0 Å². The molecule has 31 heavy (non-hydrogen) atoms. The minimum atomic E-state index is -1.09. The topological polar surface area (TPSA) is 55.1 Å². The third-order valence-electron chi connectivity index (χ3n) is 4.56. The quantitative estimate of drug-likeness (QED) is 0.354. The molecule has 0 aliphatic carbocycles. The van der Waals surface area contributed by atoms with Crippen LogP contribution in [-0.2, 0) is 11.0 Å². The van der Waals surface area contributed by atoms with Crippen LogP contribution in [0.25, 0.3) is 0 Å². The van der Waals surface area contributed by atoms with Crippen LogP contribution in [0.5, 0.6) is 0 Å². The van der Waals surface area contributed by atoms with Crippen molar-refractivity contribution in [2.75, 3.05) is 0 Å². The van der Waals surface area contributed by atoms with E-state index in [0.29, 0.717) is 5.02 Å². The summed E-state index contributed by atoms with van der Waals surface area (Å²) >= 11 is 19.0. The molecule has 176 valence electrons. The van der Waals surface area contributed by atoms with Gasteiger partial charge in [-0.2, -0.15) is 0 Å². The van der Waals surface area contributed by atoms with Gasteiger partial charge in [0.05, 0.1) is 25.8 Å². The zero-order chi connectivity index (χ0) is 23.4. The Hall–Kier alpha value is 0.340. The van der Waals surface area contributed by atoms with Crippen LogP contribution in [-0.4, -0.2) is 8.96 Å². The van der Waals surface area contributed by atoms with Gasteiger partial charge in [-0.25, -0.2) is 8.93 Å². The summed E-state index contributed by atoms with van der Waals surface area (Å²) in [6, 6.07) is 7.88. The van der Waals surface area contributed by atoms with E-state index in [4.69, 9.17) is 28.9 Å². The Balaban J connectivity index is 0.000000605. The van der Waals surface area contributed by atoms with E-state index in [9.17, 15) is 4.21 Å². The first-order valence-electron chi connectivity index (χ1n) is 9.51. The molecule has 2 aromatic carbocycles. The molecule has 0 radical (unpaired) electrons. The van der Waals surface area contributed by atoms with Crippen LogP contribution in [0.4, 0.5) is 0 Å². The summed E-state index contributed by atoms with van der Waals surface area (Å²) in [6.45, 7) is 13.7. The average Bonchev–Trinajstić information content (AvgIpc) is 2.63. The summed E-state index contributed by atoms with van der Waals surface area (Å²) in [5.41, 5.74) is 10.00. The van der Waals surface area contributed by atoms with Gasteiger partial charge in [-0.15, -0.1) is 12.4 Å². The number of hydrogen-bond donors (Lipinski definition) is 2. The predicted molar refractivity (Wildman–Crippen MR) is 147 cm³/mol. The maximum absolute atomic E-state index is 12.1. The molecular formula is C22H31Br2Cl3N2OS. The fraction of sp³-hybridized carbons (Fsp3) is 0.455. The van der Waals surface area contributed by atoms with Crippen LogP contribution < -0.4 is 10.5 Å². The normalized spacial score (nSPS) is 14.1. The van der Waals surface area contributed by atoms with Crippen LogP contribution in [0.3, 0.4) is 0 Å². The lowest BCUT2D eigenvalue weighted by atomic mass is 10.0. The van der Waals surface area contributed by atoms with Crippen LogP contribution in [0.1, 0.15) is 69.0 Å². The van der Waals surface area contributed by atoms with Crippen molar-refractivity contribution in [3.63, 3.8) is 0 Å². The first-order valence-corrected chi connectivity index (χ1v) is 13.0. The standard InChI is InChI=1S/C13H19BrClNOS.C9H11BrClN.ClH/c1-8-10(6-7-11(14)12(8)15)9(2)16-18(17)13(3,4)5;1-5-7(6(2)12)3-4-8(10)9(5)11;/h6-7,9,16H,1-5H3;3-4,6H,12H2,1-2H3;1H/t9-,18+;6-;/m11./s1.